The summed E-state index contributed by atoms with van der Waals surface area (Å²) in [6, 6.07) is 1.82. The third-order valence-corrected chi connectivity index (χ3v) is 9.18. The average Bonchev–Trinajstić information content (AvgIpc) is 3.65. The minimum atomic E-state index is -1.11. The van der Waals surface area contributed by atoms with Gasteiger partial charge in [-0.25, -0.2) is 14.8 Å². The van der Waals surface area contributed by atoms with E-state index in [1.165, 1.54) is 6.33 Å². The van der Waals surface area contributed by atoms with E-state index in [1.807, 2.05) is 51.4 Å². The second-order valence-electron chi connectivity index (χ2n) is 14.3. The predicted molar refractivity (Wildman–Crippen MR) is 167 cm³/mol. The Kier molecular flexibility index (Phi) is 9.65. The van der Waals surface area contributed by atoms with Crippen LogP contribution in [0.15, 0.2) is 18.6 Å². The molecule has 5 rings (SSSR count). The number of aromatic nitrogens is 3. The van der Waals surface area contributed by atoms with Gasteiger partial charge in [-0.1, -0.05) is 27.7 Å². The Morgan fingerprint density at radius 1 is 1.11 bits per heavy atom. The molecule has 5 atom stereocenters. The van der Waals surface area contributed by atoms with Crippen LogP contribution in [0.2, 0.25) is 0 Å². The molecule has 1 unspecified atom stereocenters. The molecule has 1 spiro atoms. The largest absolute Gasteiger partial charge is 0.456 e. The van der Waals surface area contributed by atoms with Crippen LogP contribution in [-0.2, 0) is 23.7 Å². The number of nitrogens with zero attached hydrogens (tertiary/aromatic N) is 5. The van der Waals surface area contributed by atoms with Crippen molar-refractivity contribution in [1.29, 1.82) is 0 Å². The van der Waals surface area contributed by atoms with Crippen molar-refractivity contribution in [2.24, 2.45) is 11.8 Å². The summed E-state index contributed by atoms with van der Waals surface area (Å²) < 4.78 is 26.7. The zero-order chi connectivity index (χ0) is 32.7. The van der Waals surface area contributed by atoms with E-state index in [9.17, 15) is 14.7 Å². The minimum absolute atomic E-state index is 0.109. The molecule has 45 heavy (non-hydrogen) atoms. The highest BCUT2D eigenvalue weighted by Gasteiger charge is 2.53. The standard InChI is InChI=1S/C32H50N6O7/c1-19(2)28(39)43-23-22(17-37-13-8-10-32(37)11-15-36(16-12-32)30(41)45-31(5,6)7)42-27(24(23)44-29(40)20(3)4)38-14-9-21-25(33)34-18-35-26(21)38/h9,14,18-20,22-24,27,29,40H,8,10-13,15-17H2,1-7H3,(H2,33,34,35)/t22-,23-,24-,27-,29?/m1/s1. The number of ether oxygens (including phenoxy) is 4. The van der Waals surface area contributed by atoms with E-state index in [0.29, 0.717) is 36.5 Å². The molecule has 13 nitrogen and oxygen atoms in total. The predicted octanol–water partition coefficient (Wildman–Crippen LogP) is 3.70. The zero-order valence-corrected chi connectivity index (χ0v) is 27.6. The van der Waals surface area contributed by atoms with E-state index < -0.39 is 36.4 Å². The molecule has 13 heteroatoms. The van der Waals surface area contributed by atoms with Crippen LogP contribution in [0.4, 0.5) is 10.6 Å². The number of piperidine rings is 1. The number of anilines is 1. The number of rotatable bonds is 8. The molecule has 3 saturated heterocycles. The van der Waals surface area contributed by atoms with Crippen LogP contribution in [-0.4, -0.2) is 103 Å². The molecule has 5 heterocycles. The van der Waals surface area contributed by atoms with E-state index >= 15 is 0 Å². The van der Waals surface area contributed by atoms with Gasteiger partial charge in [0.05, 0.1) is 11.3 Å². The van der Waals surface area contributed by atoms with Crippen molar-refractivity contribution in [3.8, 4) is 0 Å². The van der Waals surface area contributed by atoms with Gasteiger partial charge in [0.2, 0.25) is 0 Å². The van der Waals surface area contributed by atoms with E-state index in [0.717, 1.165) is 32.2 Å². The van der Waals surface area contributed by atoms with Crippen LogP contribution in [0.5, 0.6) is 0 Å². The molecule has 1 amide bonds. The summed E-state index contributed by atoms with van der Waals surface area (Å²) in [5, 5.41) is 11.6. The van der Waals surface area contributed by atoms with Crippen molar-refractivity contribution in [2.45, 2.75) is 116 Å². The molecule has 250 valence electrons. The monoisotopic (exact) mass is 630 g/mol. The first-order chi connectivity index (χ1) is 21.2. The van der Waals surface area contributed by atoms with Crippen LogP contribution in [0.25, 0.3) is 11.0 Å². The number of aliphatic hydroxyl groups is 1. The second-order valence-corrected chi connectivity index (χ2v) is 14.3. The summed E-state index contributed by atoms with van der Waals surface area (Å²) in [5.74, 6) is -0.599. The number of fused-ring (bicyclic) bond motifs is 1. The Morgan fingerprint density at radius 3 is 2.47 bits per heavy atom. The van der Waals surface area contributed by atoms with Gasteiger partial charge in [0.1, 0.15) is 35.6 Å². The van der Waals surface area contributed by atoms with Gasteiger partial charge in [0, 0.05) is 37.3 Å². The van der Waals surface area contributed by atoms with Crippen LogP contribution in [0.3, 0.4) is 0 Å². The number of nitrogen functional groups attached to an aromatic ring is 1. The summed E-state index contributed by atoms with van der Waals surface area (Å²) >= 11 is 0. The van der Waals surface area contributed by atoms with E-state index in [4.69, 9.17) is 24.7 Å². The van der Waals surface area contributed by atoms with E-state index in [2.05, 4.69) is 14.9 Å². The van der Waals surface area contributed by atoms with Crippen LogP contribution in [0.1, 0.15) is 80.4 Å². The molecule has 3 aliphatic rings. The number of nitrogens with two attached hydrogens (primary N) is 1. The smallest absolute Gasteiger partial charge is 0.410 e. The molecular formula is C32H50N6O7. The number of amides is 1. The molecular weight excluding hydrogens is 580 g/mol. The van der Waals surface area contributed by atoms with Gasteiger partial charge in [-0.3, -0.25) is 9.69 Å². The maximum absolute atomic E-state index is 13.1. The van der Waals surface area contributed by atoms with Gasteiger partial charge < -0.3 is 39.3 Å². The molecule has 0 aliphatic carbocycles. The Morgan fingerprint density at radius 2 is 1.82 bits per heavy atom. The number of hydrogen-bond donors (Lipinski definition) is 2. The summed E-state index contributed by atoms with van der Waals surface area (Å²) in [6.07, 6.45) is 2.52. The lowest BCUT2D eigenvalue weighted by Gasteiger charge is -2.46. The maximum atomic E-state index is 13.1. The number of carbonyl (C=O) groups is 2. The molecule has 0 saturated carbocycles. The summed E-state index contributed by atoms with van der Waals surface area (Å²) in [5.41, 5.74) is 6.04. The normalized spacial score (nSPS) is 26.3. The third kappa shape index (κ3) is 7.06. The molecule has 0 aromatic carbocycles. The Bertz CT molecular complexity index is 1350. The lowest BCUT2D eigenvalue weighted by Crippen LogP contribution is -2.56. The molecule has 2 aromatic rings. The fraction of sp³-hybridized carbons (Fsp3) is 0.750. The van der Waals surface area contributed by atoms with Gasteiger partial charge >= 0.3 is 12.1 Å². The first kappa shape index (κ1) is 33.4. The third-order valence-electron chi connectivity index (χ3n) is 9.18. The molecule has 2 aromatic heterocycles. The highest BCUT2D eigenvalue weighted by Crippen LogP contribution is 2.43. The van der Waals surface area contributed by atoms with Gasteiger partial charge in [0.15, 0.2) is 18.6 Å². The van der Waals surface area contributed by atoms with Crippen molar-refractivity contribution in [1.82, 2.24) is 24.3 Å². The quantitative estimate of drug-likeness (QED) is 0.324. The number of hydrogen-bond acceptors (Lipinski definition) is 11. The van der Waals surface area contributed by atoms with Crippen molar-refractivity contribution < 1.29 is 33.6 Å². The Labute approximate surface area is 265 Å². The Balaban J connectivity index is 1.43. The minimum Gasteiger partial charge on any atom is -0.456 e. The van der Waals surface area contributed by atoms with Crippen molar-refractivity contribution in [3.05, 3.63) is 18.6 Å². The number of carbonyl (C=O) groups excluding carboxylic acids is 2. The van der Waals surface area contributed by atoms with E-state index in [-0.39, 0.29) is 29.4 Å². The summed E-state index contributed by atoms with van der Waals surface area (Å²) in [4.78, 5) is 38.7. The van der Waals surface area contributed by atoms with Crippen molar-refractivity contribution >= 4 is 28.9 Å². The molecule has 3 N–H and O–H groups in total. The lowest BCUT2D eigenvalue weighted by atomic mass is 9.84. The van der Waals surface area contributed by atoms with E-state index in [1.54, 1.807) is 18.7 Å². The molecule has 0 bridgehead atoms. The fourth-order valence-corrected chi connectivity index (χ4v) is 6.64. The summed E-state index contributed by atoms with van der Waals surface area (Å²) in [7, 11) is 0. The zero-order valence-electron chi connectivity index (χ0n) is 27.6. The number of esters is 1. The maximum Gasteiger partial charge on any atom is 0.410 e. The van der Waals surface area contributed by atoms with Gasteiger partial charge in [0.25, 0.3) is 0 Å². The highest BCUT2D eigenvalue weighted by molar-refractivity contribution is 5.86. The first-order valence-electron chi connectivity index (χ1n) is 16.2. The van der Waals surface area contributed by atoms with Gasteiger partial charge in [-0.15, -0.1) is 0 Å². The average molecular weight is 631 g/mol. The second kappa shape index (κ2) is 13.0. The topological polar surface area (TPSA) is 154 Å². The number of aliphatic hydroxyl groups excluding tert-OH is 1. The molecule has 0 radical (unpaired) electrons. The molecule has 3 fully saturated rings. The first-order valence-corrected chi connectivity index (χ1v) is 16.2. The summed E-state index contributed by atoms with van der Waals surface area (Å²) in [6.45, 7) is 15.5. The SMILES string of the molecule is CC(C)C(=O)O[C@H]1[C@@H](OC(O)C(C)C)[C@H](n2ccc3c(N)ncnc32)O[C@@H]1CN1CCCC12CCN(C(=O)OC(C)(C)C)CC2. The fourth-order valence-electron chi connectivity index (χ4n) is 6.64. The Hall–Kier alpha value is -3.00. The van der Waals surface area contributed by atoms with Gasteiger partial charge in [-0.2, -0.15) is 0 Å². The lowest BCUT2D eigenvalue weighted by molar-refractivity contribution is -0.202. The van der Waals surface area contributed by atoms with Crippen molar-refractivity contribution in [2.75, 3.05) is 31.9 Å². The van der Waals surface area contributed by atoms with Gasteiger partial charge in [-0.05, 0) is 59.1 Å². The van der Waals surface area contributed by atoms with Crippen molar-refractivity contribution in [3.63, 3.8) is 0 Å². The van der Waals surface area contributed by atoms with Crippen LogP contribution < -0.4 is 5.73 Å². The van der Waals surface area contributed by atoms with Crippen LogP contribution >= 0.6 is 0 Å². The number of likely N-dealkylation sites (tertiary alicyclic amines) is 2. The van der Waals surface area contributed by atoms with Crippen LogP contribution in [0, 0.1) is 11.8 Å². The highest BCUT2D eigenvalue weighted by atomic mass is 16.7. The molecule has 3 aliphatic heterocycles.